The van der Waals surface area contributed by atoms with Gasteiger partial charge < -0.3 is 4.42 Å². The van der Waals surface area contributed by atoms with Gasteiger partial charge in [-0.3, -0.25) is 0 Å². The van der Waals surface area contributed by atoms with Gasteiger partial charge in [0.2, 0.25) is 0 Å². The highest BCUT2D eigenvalue weighted by Crippen LogP contribution is 2.44. The van der Waals surface area contributed by atoms with E-state index < -0.39 is 20.7 Å². The van der Waals surface area contributed by atoms with Gasteiger partial charge >= 0.3 is 0 Å². The number of rotatable bonds is 3. The number of sulfonamides is 1. The lowest BCUT2D eigenvalue weighted by Crippen LogP contribution is -2.68. The minimum absolute atomic E-state index is 0.176. The molecule has 0 bridgehead atoms. The van der Waals surface area contributed by atoms with Gasteiger partial charge in [0, 0.05) is 24.8 Å². The summed E-state index contributed by atoms with van der Waals surface area (Å²) in [5.41, 5.74) is 0.946. The molecule has 29 heavy (non-hydrogen) atoms. The molecule has 0 saturated carbocycles. The van der Waals surface area contributed by atoms with Crippen molar-refractivity contribution in [2.75, 3.05) is 0 Å². The summed E-state index contributed by atoms with van der Waals surface area (Å²) < 4.78 is 50.0. The third-order valence-corrected chi connectivity index (χ3v) is 7.69. The Kier molecular flexibility index (Phi) is 4.51. The minimum atomic E-state index is -3.92. The van der Waals surface area contributed by atoms with Crippen molar-refractivity contribution in [3.63, 3.8) is 0 Å². The highest BCUT2D eigenvalue weighted by Gasteiger charge is 2.52. The van der Waals surface area contributed by atoms with E-state index in [1.165, 1.54) is 22.9 Å². The van der Waals surface area contributed by atoms with E-state index in [4.69, 9.17) is 4.42 Å². The summed E-state index contributed by atoms with van der Waals surface area (Å²) in [5, 5.41) is 2.36. The monoisotopic (exact) mass is 413 g/mol. The summed E-state index contributed by atoms with van der Waals surface area (Å²) >= 11 is 0. The number of hydrogen-bond donors (Lipinski definition) is 0. The average molecular weight is 413 g/mol. The second kappa shape index (κ2) is 6.46. The Balaban J connectivity index is 1.76. The molecule has 1 fully saturated rings. The zero-order chi connectivity index (χ0) is 21.2. The van der Waals surface area contributed by atoms with E-state index >= 15 is 0 Å². The standard InChI is InChI=1S/C15H20B4FN5O3S/c1-8-21-5-13(28-8)29(26,27)25-14(16,17)3-9(4-15(25,18)19)10-6-24-12(2-11(10)20)22-7-23-24/h2,5-7,9H,3-4,16-19H2,1H3. The molecule has 4 rings (SSSR count). The third kappa shape index (κ3) is 3.31. The van der Waals surface area contributed by atoms with Gasteiger partial charge in [-0.2, -0.15) is 5.10 Å². The van der Waals surface area contributed by atoms with E-state index in [1.807, 2.05) is 31.4 Å². The number of hydrogen-bond acceptors (Lipinski definition) is 6. The lowest BCUT2D eigenvalue weighted by atomic mass is 9.46. The zero-order valence-corrected chi connectivity index (χ0v) is 17.9. The van der Waals surface area contributed by atoms with Gasteiger partial charge in [0.15, 0.2) is 11.5 Å². The number of aryl methyl sites for hydroxylation is 1. The van der Waals surface area contributed by atoms with Crippen LogP contribution in [-0.2, 0) is 10.0 Å². The van der Waals surface area contributed by atoms with Crippen LogP contribution in [0.4, 0.5) is 4.39 Å². The van der Waals surface area contributed by atoms with Crippen LogP contribution in [0.1, 0.15) is 30.2 Å². The molecule has 0 amide bonds. The first kappa shape index (κ1) is 20.2. The van der Waals surface area contributed by atoms with E-state index in [9.17, 15) is 12.8 Å². The van der Waals surface area contributed by atoms with Crippen LogP contribution in [0.25, 0.3) is 5.65 Å². The van der Waals surface area contributed by atoms with Gasteiger partial charge in [0.25, 0.3) is 15.1 Å². The molecule has 1 saturated heterocycles. The van der Waals surface area contributed by atoms with E-state index in [-0.39, 0.29) is 22.7 Å². The number of fused-ring (bicyclic) bond motifs is 1. The number of pyridine rings is 1. The van der Waals surface area contributed by atoms with Crippen molar-refractivity contribution in [2.24, 2.45) is 0 Å². The summed E-state index contributed by atoms with van der Waals surface area (Å²) in [5.74, 6) is -0.252. The fraction of sp³-hybridized carbons (Fsp3) is 0.400. The van der Waals surface area contributed by atoms with Crippen LogP contribution in [0.15, 0.2) is 34.3 Å². The number of nitrogens with zero attached hydrogens (tertiary/aromatic N) is 5. The highest BCUT2D eigenvalue weighted by molar-refractivity contribution is 7.89. The Morgan fingerprint density at radius 3 is 2.45 bits per heavy atom. The molecule has 1 aliphatic rings. The Labute approximate surface area is 172 Å². The first-order chi connectivity index (χ1) is 13.4. The summed E-state index contributed by atoms with van der Waals surface area (Å²) in [6.45, 7) is 1.60. The van der Waals surface area contributed by atoms with Gasteiger partial charge in [-0.1, -0.05) is 0 Å². The van der Waals surface area contributed by atoms with Crippen molar-refractivity contribution in [1.82, 2.24) is 23.9 Å². The van der Waals surface area contributed by atoms with Gasteiger partial charge in [-0.15, -0.1) is 0 Å². The van der Waals surface area contributed by atoms with Crippen molar-refractivity contribution >= 4 is 47.1 Å². The van der Waals surface area contributed by atoms with Crippen LogP contribution >= 0.6 is 0 Å². The SMILES string of the molecule is BC1(B)CC(c2cn3ncnc3cc2F)CC(B)(B)N1S(=O)(=O)c1cnc(C)o1. The second-order valence-corrected chi connectivity index (χ2v) is 10.6. The maximum Gasteiger partial charge on any atom is 0.276 e. The normalized spacial score (nSPS) is 20.2. The van der Waals surface area contributed by atoms with Crippen molar-refractivity contribution in [3.8, 4) is 0 Å². The number of piperidine rings is 1. The van der Waals surface area contributed by atoms with Crippen LogP contribution in [0, 0.1) is 12.7 Å². The molecular weight excluding hydrogens is 393 g/mol. The second-order valence-electron chi connectivity index (χ2n) is 8.84. The fourth-order valence-electron chi connectivity index (χ4n) is 4.84. The summed E-state index contributed by atoms with van der Waals surface area (Å²) in [6.07, 6.45) is 5.15. The molecule has 0 radical (unpaired) electrons. The molecule has 14 heteroatoms. The topological polar surface area (TPSA) is 93.6 Å². The fourth-order valence-corrected chi connectivity index (χ4v) is 6.88. The summed E-state index contributed by atoms with van der Waals surface area (Å²) in [4.78, 5) is 7.94. The van der Waals surface area contributed by atoms with E-state index in [2.05, 4.69) is 15.1 Å². The van der Waals surface area contributed by atoms with E-state index in [0.717, 1.165) is 0 Å². The highest BCUT2D eigenvalue weighted by atomic mass is 32.2. The van der Waals surface area contributed by atoms with Crippen molar-refractivity contribution < 1.29 is 17.2 Å². The van der Waals surface area contributed by atoms with Crippen LogP contribution < -0.4 is 0 Å². The molecule has 0 spiro atoms. The van der Waals surface area contributed by atoms with E-state index in [1.54, 1.807) is 17.6 Å². The van der Waals surface area contributed by atoms with E-state index in [0.29, 0.717) is 24.1 Å². The van der Waals surface area contributed by atoms with Gasteiger partial charge in [-0.25, -0.2) is 31.6 Å². The molecule has 0 N–H and O–H groups in total. The van der Waals surface area contributed by atoms with Gasteiger partial charge in [0.1, 0.15) is 43.5 Å². The molecule has 4 heterocycles. The predicted molar refractivity (Wildman–Crippen MR) is 115 cm³/mol. The molecule has 148 valence electrons. The first-order valence-corrected chi connectivity index (χ1v) is 10.8. The number of oxazole rings is 1. The van der Waals surface area contributed by atoms with Crippen LogP contribution in [-0.4, -0.2) is 74.4 Å². The lowest BCUT2D eigenvalue weighted by Gasteiger charge is -2.54. The molecular formula is C15H20B4FN5O3S. The maximum atomic E-state index is 14.8. The van der Waals surface area contributed by atoms with Crippen LogP contribution in [0.2, 0.25) is 0 Å². The minimum Gasteiger partial charge on any atom is -0.428 e. The molecule has 1 aliphatic heterocycles. The molecule has 8 nitrogen and oxygen atoms in total. The zero-order valence-electron chi connectivity index (χ0n) is 17.0. The molecule has 0 atom stereocenters. The quantitative estimate of drug-likeness (QED) is 0.444. The van der Waals surface area contributed by atoms with Gasteiger partial charge in [0.05, 0.1) is 6.20 Å². The molecule has 0 aliphatic carbocycles. The Bertz CT molecular complexity index is 1180. The van der Waals surface area contributed by atoms with Crippen LogP contribution in [0.3, 0.4) is 0 Å². The predicted octanol–water partition coefficient (Wildman–Crippen LogP) is -2.43. The third-order valence-electron chi connectivity index (χ3n) is 5.52. The summed E-state index contributed by atoms with van der Waals surface area (Å²) in [7, 11) is 3.50. The Morgan fingerprint density at radius 2 is 1.86 bits per heavy atom. The lowest BCUT2D eigenvalue weighted by molar-refractivity contribution is 0.201. The van der Waals surface area contributed by atoms with Gasteiger partial charge in [-0.05, 0) is 29.4 Å². The Morgan fingerprint density at radius 1 is 1.21 bits per heavy atom. The van der Waals surface area contributed by atoms with Crippen LogP contribution in [0.5, 0.6) is 0 Å². The molecule has 3 aromatic heterocycles. The number of aromatic nitrogens is 4. The van der Waals surface area contributed by atoms with Crippen molar-refractivity contribution in [3.05, 3.63) is 42.1 Å². The first-order valence-electron chi connectivity index (χ1n) is 9.39. The smallest absolute Gasteiger partial charge is 0.276 e. The van der Waals surface area contributed by atoms with Crippen molar-refractivity contribution in [2.45, 2.75) is 41.5 Å². The summed E-state index contributed by atoms with van der Waals surface area (Å²) in [6, 6.07) is 1.36. The van der Waals surface area contributed by atoms with Crippen molar-refractivity contribution in [1.29, 1.82) is 0 Å². The Hall–Kier alpha value is -2.07. The molecule has 0 aromatic carbocycles. The number of halogens is 1. The largest absolute Gasteiger partial charge is 0.428 e. The maximum absolute atomic E-state index is 14.8. The molecule has 3 aromatic rings. The average Bonchev–Trinajstić information content (AvgIpc) is 3.19. The molecule has 0 unspecified atom stereocenters.